The van der Waals surface area contributed by atoms with E-state index in [0.29, 0.717) is 11.3 Å². The van der Waals surface area contributed by atoms with Crippen molar-refractivity contribution < 1.29 is 9.13 Å². The predicted octanol–water partition coefficient (Wildman–Crippen LogP) is 1.49. The number of nitrogens with zero attached hydrogens (tertiary/aromatic N) is 3. The largest absolute Gasteiger partial charge is 0.494 e. The Morgan fingerprint density at radius 1 is 1.50 bits per heavy atom. The number of rotatable bonds is 2. The molecule has 0 aliphatic rings. The molecule has 0 aliphatic carbocycles. The summed E-state index contributed by atoms with van der Waals surface area (Å²) in [5.41, 5.74) is 1.18. The first-order valence-electron chi connectivity index (χ1n) is 4.41. The van der Waals surface area contributed by atoms with Crippen LogP contribution >= 0.6 is 0 Å². The van der Waals surface area contributed by atoms with Crippen molar-refractivity contribution in [2.45, 2.75) is 0 Å². The highest BCUT2D eigenvalue weighted by molar-refractivity contribution is 5.65. The van der Waals surface area contributed by atoms with Gasteiger partial charge in [-0.15, -0.1) is 5.10 Å². The Morgan fingerprint density at radius 3 is 3.00 bits per heavy atom. The molecule has 1 aromatic carbocycles. The molecule has 1 N–H and O–H groups in total. The van der Waals surface area contributed by atoms with Gasteiger partial charge in [0.05, 0.1) is 7.11 Å². The van der Waals surface area contributed by atoms with Gasteiger partial charge in [-0.05, 0) is 18.2 Å². The number of benzene rings is 1. The van der Waals surface area contributed by atoms with Crippen molar-refractivity contribution in [1.82, 2.24) is 15.4 Å². The third-order valence-electron chi connectivity index (χ3n) is 2.08. The molecule has 0 radical (unpaired) electrons. The summed E-state index contributed by atoms with van der Waals surface area (Å²) in [5, 5.41) is 18.5. The Balaban J connectivity index is 2.53. The molecular formula is C10H7FN4O. The second-order valence-corrected chi connectivity index (χ2v) is 3.00. The van der Waals surface area contributed by atoms with E-state index in [4.69, 9.17) is 10.00 Å². The summed E-state index contributed by atoms with van der Waals surface area (Å²) in [6.45, 7) is 0. The number of hydrogen-bond acceptors (Lipinski definition) is 4. The molecule has 0 aliphatic heterocycles. The highest BCUT2D eigenvalue weighted by atomic mass is 19.1. The first-order valence-corrected chi connectivity index (χ1v) is 4.41. The van der Waals surface area contributed by atoms with Crippen LogP contribution in [0.1, 0.15) is 5.69 Å². The number of methoxy groups -OCH3 is 1. The molecule has 80 valence electrons. The van der Waals surface area contributed by atoms with Crippen LogP contribution in [0.25, 0.3) is 11.3 Å². The lowest BCUT2D eigenvalue weighted by Gasteiger charge is -2.03. The lowest BCUT2D eigenvalue weighted by molar-refractivity contribution is 0.387. The number of nitriles is 1. The second-order valence-electron chi connectivity index (χ2n) is 3.00. The van der Waals surface area contributed by atoms with Crippen LogP contribution < -0.4 is 4.74 Å². The van der Waals surface area contributed by atoms with Crippen LogP contribution in [0.3, 0.4) is 0 Å². The van der Waals surface area contributed by atoms with Crippen LogP contribution in [0.5, 0.6) is 5.75 Å². The van der Waals surface area contributed by atoms with Crippen molar-refractivity contribution >= 4 is 0 Å². The van der Waals surface area contributed by atoms with Crippen molar-refractivity contribution in [3.8, 4) is 23.1 Å². The Hall–Kier alpha value is -2.42. The molecular weight excluding hydrogens is 211 g/mol. The van der Waals surface area contributed by atoms with Crippen molar-refractivity contribution in [2.75, 3.05) is 7.11 Å². The highest BCUT2D eigenvalue weighted by Gasteiger charge is 2.11. The number of H-pyrrole nitrogens is 1. The first kappa shape index (κ1) is 10.1. The van der Waals surface area contributed by atoms with Crippen LogP contribution in [0.2, 0.25) is 0 Å². The third-order valence-corrected chi connectivity index (χ3v) is 2.08. The van der Waals surface area contributed by atoms with Gasteiger partial charge in [0.2, 0.25) is 0 Å². The Kier molecular flexibility index (Phi) is 2.52. The summed E-state index contributed by atoms with van der Waals surface area (Å²) in [6, 6.07) is 6.14. The number of aromatic nitrogens is 3. The minimum absolute atomic E-state index is 0.101. The van der Waals surface area contributed by atoms with Crippen molar-refractivity contribution in [2.24, 2.45) is 0 Å². The minimum atomic E-state index is -0.465. The molecule has 1 heterocycles. The van der Waals surface area contributed by atoms with Crippen LogP contribution in [-0.2, 0) is 0 Å². The number of aromatic amines is 1. The molecule has 2 rings (SSSR count). The first-order chi connectivity index (χ1) is 7.76. The van der Waals surface area contributed by atoms with Gasteiger partial charge >= 0.3 is 0 Å². The third kappa shape index (κ3) is 1.59. The summed E-state index contributed by atoms with van der Waals surface area (Å²) in [6.07, 6.45) is 0. The van der Waals surface area contributed by atoms with E-state index in [0.717, 1.165) is 0 Å². The van der Waals surface area contributed by atoms with Crippen molar-refractivity contribution in [1.29, 1.82) is 5.26 Å². The number of halogens is 1. The molecule has 6 heteroatoms. The molecule has 0 saturated carbocycles. The predicted molar refractivity (Wildman–Crippen MR) is 53.0 cm³/mol. The smallest absolute Gasteiger partial charge is 0.165 e. The number of nitrogens with one attached hydrogen (secondary N) is 1. The van der Waals surface area contributed by atoms with E-state index in [9.17, 15) is 4.39 Å². The molecule has 0 fully saturated rings. The van der Waals surface area contributed by atoms with Gasteiger partial charge in [-0.2, -0.15) is 5.26 Å². The summed E-state index contributed by atoms with van der Waals surface area (Å²) in [4.78, 5) is 0. The monoisotopic (exact) mass is 218 g/mol. The molecule has 1 aromatic heterocycles. The molecule has 0 spiro atoms. The lowest BCUT2D eigenvalue weighted by Crippen LogP contribution is -1.90. The van der Waals surface area contributed by atoms with E-state index in [1.165, 1.54) is 25.3 Å². The van der Waals surface area contributed by atoms with Crippen molar-refractivity contribution in [3.63, 3.8) is 0 Å². The Morgan fingerprint density at radius 2 is 2.31 bits per heavy atom. The molecule has 0 unspecified atom stereocenters. The molecule has 0 bridgehead atoms. The van der Waals surface area contributed by atoms with Crippen LogP contribution in [0.4, 0.5) is 4.39 Å². The van der Waals surface area contributed by atoms with Gasteiger partial charge in [0.15, 0.2) is 17.3 Å². The normalized spacial score (nSPS) is 9.81. The fraction of sp³-hybridized carbons (Fsp3) is 0.100. The van der Waals surface area contributed by atoms with E-state index in [1.807, 2.05) is 6.07 Å². The van der Waals surface area contributed by atoms with E-state index in [1.54, 1.807) is 0 Å². The minimum Gasteiger partial charge on any atom is -0.494 e. The van der Waals surface area contributed by atoms with Gasteiger partial charge < -0.3 is 4.74 Å². The lowest BCUT2D eigenvalue weighted by atomic mass is 10.1. The maximum absolute atomic E-state index is 13.2. The molecule has 0 amide bonds. The fourth-order valence-corrected chi connectivity index (χ4v) is 1.32. The van der Waals surface area contributed by atoms with Gasteiger partial charge in [0, 0.05) is 5.56 Å². The summed E-state index contributed by atoms with van der Waals surface area (Å²) >= 11 is 0. The average Bonchev–Trinajstić information content (AvgIpc) is 2.78. The summed E-state index contributed by atoms with van der Waals surface area (Å²) < 4.78 is 18.0. The van der Waals surface area contributed by atoms with Crippen molar-refractivity contribution in [3.05, 3.63) is 29.7 Å². The number of ether oxygens (including phenoxy) is 1. The van der Waals surface area contributed by atoms with Gasteiger partial charge in [0.25, 0.3) is 0 Å². The zero-order chi connectivity index (χ0) is 11.5. The zero-order valence-corrected chi connectivity index (χ0v) is 8.36. The van der Waals surface area contributed by atoms with E-state index >= 15 is 0 Å². The molecule has 16 heavy (non-hydrogen) atoms. The average molecular weight is 218 g/mol. The maximum Gasteiger partial charge on any atom is 0.165 e. The summed E-state index contributed by atoms with van der Waals surface area (Å²) in [5.74, 6) is -0.363. The number of hydrogen-bond donors (Lipinski definition) is 1. The van der Waals surface area contributed by atoms with Gasteiger partial charge in [0.1, 0.15) is 11.8 Å². The second kappa shape index (κ2) is 3.98. The van der Waals surface area contributed by atoms with Gasteiger partial charge in [-0.25, -0.2) is 9.49 Å². The summed E-state index contributed by atoms with van der Waals surface area (Å²) in [7, 11) is 1.37. The molecule has 5 nitrogen and oxygen atoms in total. The molecule has 0 saturated heterocycles. The Labute approximate surface area is 90.5 Å². The fourth-order valence-electron chi connectivity index (χ4n) is 1.32. The van der Waals surface area contributed by atoms with E-state index in [2.05, 4.69) is 15.4 Å². The van der Waals surface area contributed by atoms with E-state index in [-0.39, 0.29) is 11.4 Å². The molecule has 2 aromatic rings. The SMILES string of the molecule is COc1cc(-c2nn[nH]c2C#N)ccc1F. The quantitative estimate of drug-likeness (QED) is 0.828. The van der Waals surface area contributed by atoms with Crippen LogP contribution in [0.15, 0.2) is 18.2 Å². The van der Waals surface area contributed by atoms with E-state index < -0.39 is 5.82 Å². The van der Waals surface area contributed by atoms with Gasteiger partial charge in [-0.3, -0.25) is 0 Å². The van der Waals surface area contributed by atoms with Crippen LogP contribution in [0, 0.1) is 17.1 Å². The Bertz CT molecular complexity index is 558. The zero-order valence-electron chi connectivity index (χ0n) is 8.36. The molecule has 0 atom stereocenters. The topological polar surface area (TPSA) is 74.6 Å². The van der Waals surface area contributed by atoms with Gasteiger partial charge in [-0.1, -0.05) is 5.21 Å². The highest BCUT2D eigenvalue weighted by Crippen LogP contribution is 2.25. The van der Waals surface area contributed by atoms with Crippen LogP contribution in [-0.4, -0.2) is 22.5 Å². The maximum atomic E-state index is 13.2. The standard InChI is InChI=1S/C10H7FN4O/c1-16-9-4-6(2-3-7(9)11)10-8(5-12)13-15-14-10/h2-4H,1H3,(H,13,14,15).